The fourth-order valence-corrected chi connectivity index (χ4v) is 3.39. The van der Waals surface area contributed by atoms with Gasteiger partial charge in [0.05, 0.1) is 12.3 Å². The number of hydrogen-bond acceptors (Lipinski definition) is 2. The quantitative estimate of drug-likeness (QED) is 0.686. The normalized spacial score (nSPS) is 17.2. The SMILES string of the molecule is O=C(c1ccc(-c2ccccc2)cc1)N1CCC[C@H]1c1ccco1. The molecule has 1 aliphatic rings. The summed E-state index contributed by atoms with van der Waals surface area (Å²) < 4.78 is 5.52. The van der Waals surface area contributed by atoms with E-state index in [0.717, 1.165) is 41.8 Å². The van der Waals surface area contributed by atoms with Gasteiger partial charge in [0.25, 0.3) is 5.91 Å². The van der Waals surface area contributed by atoms with Crippen molar-refractivity contribution in [1.29, 1.82) is 0 Å². The van der Waals surface area contributed by atoms with E-state index >= 15 is 0 Å². The van der Waals surface area contributed by atoms with Crippen LogP contribution in [0.2, 0.25) is 0 Å². The Hall–Kier alpha value is -2.81. The number of rotatable bonds is 3. The molecule has 0 N–H and O–H groups in total. The molecule has 1 aromatic heterocycles. The Morgan fingerprint density at radius 1 is 0.917 bits per heavy atom. The van der Waals surface area contributed by atoms with Gasteiger partial charge >= 0.3 is 0 Å². The van der Waals surface area contributed by atoms with Crippen molar-refractivity contribution in [3.8, 4) is 11.1 Å². The molecule has 24 heavy (non-hydrogen) atoms. The van der Waals surface area contributed by atoms with E-state index in [9.17, 15) is 4.79 Å². The fourth-order valence-electron chi connectivity index (χ4n) is 3.39. The lowest BCUT2D eigenvalue weighted by molar-refractivity contribution is 0.0720. The molecule has 0 aliphatic carbocycles. The lowest BCUT2D eigenvalue weighted by Crippen LogP contribution is -2.30. The van der Waals surface area contributed by atoms with E-state index in [1.165, 1.54) is 0 Å². The number of amides is 1. The van der Waals surface area contributed by atoms with Crippen LogP contribution in [0.1, 0.15) is 35.0 Å². The Morgan fingerprint density at radius 3 is 2.38 bits per heavy atom. The summed E-state index contributed by atoms with van der Waals surface area (Å²) in [5.41, 5.74) is 3.01. The van der Waals surface area contributed by atoms with Crippen LogP contribution in [0.4, 0.5) is 0 Å². The highest BCUT2D eigenvalue weighted by Crippen LogP contribution is 2.33. The van der Waals surface area contributed by atoms with E-state index in [4.69, 9.17) is 4.42 Å². The summed E-state index contributed by atoms with van der Waals surface area (Å²) in [6.45, 7) is 0.782. The molecule has 3 aromatic rings. The van der Waals surface area contributed by atoms with E-state index in [2.05, 4.69) is 12.1 Å². The van der Waals surface area contributed by atoms with Crippen LogP contribution in [0.3, 0.4) is 0 Å². The Morgan fingerprint density at radius 2 is 1.67 bits per heavy atom. The Balaban J connectivity index is 1.56. The molecule has 4 rings (SSSR count). The van der Waals surface area contributed by atoms with Gasteiger partial charge in [-0.15, -0.1) is 0 Å². The highest BCUT2D eigenvalue weighted by molar-refractivity contribution is 5.95. The van der Waals surface area contributed by atoms with Crippen molar-refractivity contribution in [2.75, 3.05) is 6.54 Å². The van der Waals surface area contributed by atoms with E-state index in [1.54, 1.807) is 6.26 Å². The van der Waals surface area contributed by atoms with Gasteiger partial charge in [0.1, 0.15) is 5.76 Å². The molecule has 120 valence electrons. The maximum atomic E-state index is 12.9. The predicted octanol–water partition coefficient (Wildman–Crippen LogP) is 4.92. The van der Waals surface area contributed by atoms with Crippen LogP contribution in [0.15, 0.2) is 77.4 Å². The van der Waals surface area contributed by atoms with E-state index in [-0.39, 0.29) is 11.9 Å². The lowest BCUT2D eigenvalue weighted by atomic mass is 10.0. The third-order valence-corrected chi connectivity index (χ3v) is 4.62. The Bertz CT molecular complexity index is 807. The molecule has 1 amide bonds. The summed E-state index contributed by atoms with van der Waals surface area (Å²) in [5, 5.41) is 0. The molecule has 0 unspecified atom stereocenters. The summed E-state index contributed by atoms with van der Waals surface area (Å²) in [7, 11) is 0. The number of carbonyl (C=O) groups is 1. The first-order chi connectivity index (χ1) is 11.8. The molecule has 2 heterocycles. The molecule has 0 saturated carbocycles. The first-order valence-electron chi connectivity index (χ1n) is 8.33. The van der Waals surface area contributed by atoms with Crippen LogP contribution in [-0.4, -0.2) is 17.4 Å². The van der Waals surface area contributed by atoms with Crippen molar-refractivity contribution in [1.82, 2.24) is 4.90 Å². The summed E-state index contributed by atoms with van der Waals surface area (Å²) in [6, 6.07) is 21.9. The summed E-state index contributed by atoms with van der Waals surface area (Å²) in [6.07, 6.45) is 3.64. The standard InChI is InChI=1S/C21H19NO2/c23-21(22-14-4-8-19(22)20-9-5-15-24-20)18-12-10-17(11-13-18)16-6-2-1-3-7-16/h1-3,5-7,9-13,15,19H,4,8,14H2/t19-/m0/s1. The predicted molar refractivity (Wildman–Crippen MR) is 93.6 cm³/mol. The second-order valence-electron chi connectivity index (χ2n) is 6.12. The van der Waals surface area contributed by atoms with Crippen molar-refractivity contribution < 1.29 is 9.21 Å². The minimum Gasteiger partial charge on any atom is -0.467 e. The molecule has 1 saturated heterocycles. The molecule has 0 radical (unpaired) electrons. The number of furan rings is 1. The van der Waals surface area contributed by atoms with Gasteiger partial charge in [-0.05, 0) is 48.2 Å². The van der Waals surface area contributed by atoms with Crippen molar-refractivity contribution in [3.63, 3.8) is 0 Å². The maximum Gasteiger partial charge on any atom is 0.254 e. The first kappa shape index (κ1) is 14.8. The molecular weight excluding hydrogens is 298 g/mol. The monoisotopic (exact) mass is 317 g/mol. The Labute approximate surface area is 141 Å². The molecule has 2 aromatic carbocycles. The summed E-state index contributed by atoms with van der Waals surface area (Å²) in [5.74, 6) is 0.954. The minimum atomic E-state index is 0.0568. The van der Waals surface area contributed by atoms with Gasteiger partial charge in [-0.3, -0.25) is 4.79 Å². The molecule has 1 aliphatic heterocycles. The fraction of sp³-hybridized carbons (Fsp3) is 0.190. The molecule has 3 nitrogen and oxygen atoms in total. The number of nitrogens with zero attached hydrogens (tertiary/aromatic N) is 1. The van der Waals surface area contributed by atoms with Gasteiger partial charge in [0.15, 0.2) is 0 Å². The molecular formula is C21H19NO2. The van der Waals surface area contributed by atoms with Crippen molar-refractivity contribution in [2.45, 2.75) is 18.9 Å². The molecule has 1 fully saturated rings. The topological polar surface area (TPSA) is 33.5 Å². The highest BCUT2D eigenvalue weighted by Gasteiger charge is 2.32. The van der Waals surface area contributed by atoms with Crippen LogP contribution in [0.5, 0.6) is 0 Å². The van der Waals surface area contributed by atoms with Gasteiger partial charge < -0.3 is 9.32 Å². The third-order valence-electron chi connectivity index (χ3n) is 4.62. The van der Waals surface area contributed by atoms with Gasteiger partial charge in [-0.25, -0.2) is 0 Å². The van der Waals surface area contributed by atoms with Gasteiger partial charge in [0.2, 0.25) is 0 Å². The zero-order valence-corrected chi connectivity index (χ0v) is 13.4. The van der Waals surface area contributed by atoms with Gasteiger partial charge in [-0.2, -0.15) is 0 Å². The average molecular weight is 317 g/mol. The molecule has 0 spiro atoms. The third kappa shape index (κ3) is 2.73. The van der Waals surface area contributed by atoms with Gasteiger partial charge in [-0.1, -0.05) is 42.5 Å². The van der Waals surface area contributed by atoms with Gasteiger partial charge in [0, 0.05) is 12.1 Å². The highest BCUT2D eigenvalue weighted by atomic mass is 16.3. The lowest BCUT2D eigenvalue weighted by Gasteiger charge is -2.23. The van der Waals surface area contributed by atoms with Crippen LogP contribution >= 0.6 is 0 Å². The van der Waals surface area contributed by atoms with Crippen molar-refractivity contribution >= 4 is 5.91 Å². The molecule has 1 atom stereocenters. The van der Waals surface area contributed by atoms with E-state index in [1.807, 2.05) is 59.5 Å². The smallest absolute Gasteiger partial charge is 0.254 e. The van der Waals surface area contributed by atoms with Crippen LogP contribution in [0.25, 0.3) is 11.1 Å². The second-order valence-corrected chi connectivity index (χ2v) is 6.12. The van der Waals surface area contributed by atoms with E-state index in [0.29, 0.717) is 0 Å². The van der Waals surface area contributed by atoms with Crippen LogP contribution in [0, 0.1) is 0 Å². The molecule has 3 heteroatoms. The zero-order valence-electron chi connectivity index (χ0n) is 13.4. The maximum absolute atomic E-state index is 12.9. The summed E-state index contributed by atoms with van der Waals surface area (Å²) in [4.78, 5) is 14.8. The number of benzene rings is 2. The number of likely N-dealkylation sites (tertiary alicyclic amines) is 1. The van der Waals surface area contributed by atoms with Crippen LogP contribution in [-0.2, 0) is 0 Å². The largest absolute Gasteiger partial charge is 0.467 e. The Kier molecular flexibility index (Phi) is 3.91. The minimum absolute atomic E-state index is 0.0568. The zero-order chi connectivity index (χ0) is 16.4. The van der Waals surface area contributed by atoms with Crippen LogP contribution < -0.4 is 0 Å². The van der Waals surface area contributed by atoms with E-state index < -0.39 is 0 Å². The first-order valence-corrected chi connectivity index (χ1v) is 8.33. The number of carbonyl (C=O) groups excluding carboxylic acids is 1. The van der Waals surface area contributed by atoms with Crippen molar-refractivity contribution in [3.05, 3.63) is 84.3 Å². The summed E-state index contributed by atoms with van der Waals surface area (Å²) >= 11 is 0. The molecule has 0 bridgehead atoms. The second kappa shape index (κ2) is 6.36. The van der Waals surface area contributed by atoms with Crippen molar-refractivity contribution in [2.24, 2.45) is 0 Å². The number of hydrogen-bond donors (Lipinski definition) is 0. The average Bonchev–Trinajstić information content (AvgIpc) is 3.33.